The van der Waals surface area contributed by atoms with Gasteiger partial charge in [-0.15, -0.1) is 0 Å². The van der Waals surface area contributed by atoms with Gasteiger partial charge in [0.05, 0.1) is 11.6 Å². The predicted molar refractivity (Wildman–Crippen MR) is 138 cm³/mol. The molecule has 0 aliphatic carbocycles. The van der Waals surface area contributed by atoms with Crippen LogP contribution in [0.5, 0.6) is 0 Å². The molecule has 5 rings (SSSR count). The van der Waals surface area contributed by atoms with E-state index in [4.69, 9.17) is 5.26 Å². The van der Waals surface area contributed by atoms with E-state index in [1.165, 1.54) is 6.08 Å². The van der Waals surface area contributed by atoms with Crippen LogP contribution in [0.4, 0.5) is 0 Å². The Morgan fingerprint density at radius 2 is 1.65 bits per heavy atom. The molecule has 8 heteroatoms. The molecule has 37 heavy (non-hydrogen) atoms. The van der Waals surface area contributed by atoms with Gasteiger partial charge in [0.1, 0.15) is 11.4 Å². The van der Waals surface area contributed by atoms with E-state index in [2.05, 4.69) is 26.7 Å². The Morgan fingerprint density at radius 3 is 2.19 bits per heavy atom. The average molecular weight is 493 g/mol. The molecule has 4 heterocycles. The van der Waals surface area contributed by atoms with Crippen molar-refractivity contribution >= 4 is 11.7 Å². The third-order valence-electron chi connectivity index (χ3n) is 6.99. The quantitative estimate of drug-likeness (QED) is 0.367. The SMILES string of the molecule is N#Cc1ccc(C(=O)/C=C2\NC(Cc3ccncc3)(Cc3ccncc3)C(=O)N2CC2CCNC2)cc1. The first kappa shape index (κ1) is 24.3. The summed E-state index contributed by atoms with van der Waals surface area (Å²) in [5.41, 5.74) is 1.94. The molecule has 186 valence electrons. The summed E-state index contributed by atoms with van der Waals surface area (Å²) in [7, 11) is 0. The van der Waals surface area contributed by atoms with Gasteiger partial charge in [0.2, 0.25) is 0 Å². The summed E-state index contributed by atoms with van der Waals surface area (Å²) < 4.78 is 0. The van der Waals surface area contributed by atoms with Crippen LogP contribution in [0.2, 0.25) is 0 Å². The number of nitriles is 1. The van der Waals surface area contributed by atoms with Crippen molar-refractivity contribution in [2.75, 3.05) is 19.6 Å². The molecule has 3 aromatic rings. The monoisotopic (exact) mass is 492 g/mol. The van der Waals surface area contributed by atoms with Crippen LogP contribution in [0.25, 0.3) is 0 Å². The third-order valence-corrected chi connectivity index (χ3v) is 6.99. The normalized spacial score (nSPS) is 19.5. The zero-order chi connectivity index (χ0) is 25.7. The van der Waals surface area contributed by atoms with Crippen molar-refractivity contribution in [1.29, 1.82) is 5.26 Å². The average Bonchev–Trinajstić information content (AvgIpc) is 3.53. The highest BCUT2D eigenvalue weighted by Crippen LogP contribution is 2.32. The molecular weight excluding hydrogens is 464 g/mol. The number of rotatable bonds is 8. The molecule has 0 saturated carbocycles. The molecule has 0 spiro atoms. The standard InChI is InChI=1S/C29H28N6O2/c30-18-23-1-3-25(4-2-23)26(36)15-27-34-29(16-21-5-10-31-11-6-21,17-22-7-12-32-13-8-22)28(37)35(27)20-24-9-14-33-19-24/h1-8,10-13,15,24,33-34H,9,14,16-17,19-20H2/b27-15+. The van der Waals surface area contributed by atoms with Crippen molar-refractivity contribution < 1.29 is 9.59 Å². The molecular formula is C29H28N6O2. The number of aromatic nitrogens is 2. The van der Waals surface area contributed by atoms with E-state index in [1.54, 1.807) is 54.0 Å². The summed E-state index contributed by atoms with van der Waals surface area (Å²) in [4.78, 5) is 37.5. The van der Waals surface area contributed by atoms with Gasteiger partial charge in [-0.1, -0.05) is 0 Å². The lowest BCUT2D eigenvalue weighted by molar-refractivity contribution is -0.132. The highest BCUT2D eigenvalue weighted by atomic mass is 16.2. The van der Waals surface area contributed by atoms with Gasteiger partial charge < -0.3 is 10.6 Å². The molecule has 2 aromatic heterocycles. The first-order valence-corrected chi connectivity index (χ1v) is 12.4. The van der Waals surface area contributed by atoms with Crippen molar-refractivity contribution in [3.8, 4) is 6.07 Å². The molecule has 2 fully saturated rings. The van der Waals surface area contributed by atoms with Gasteiger partial charge in [-0.3, -0.25) is 24.5 Å². The fourth-order valence-corrected chi connectivity index (χ4v) is 5.07. The highest BCUT2D eigenvalue weighted by Gasteiger charge is 2.49. The number of nitrogens with one attached hydrogen (secondary N) is 2. The van der Waals surface area contributed by atoms with E-state index < -0.39 is 5.54 Å². The summed E-state index contributed by atoms with van der Waals surface area (Å²) >= 11 is 0. The maximum absolute atomic E-state index is 14.3. The fourth-order valence-electron chi connectivity index (χ4n) is 5.07. The summed E-state index contributed by atoms with van der Waals surface area (Å²) in [6, 6.07) is 16.3. The number of benzene rings is 1. The first-order chi connectivity index (χ1) is 18.1. The van der Waals surface area contributed by atoms with Gasteiger partial charge >= 0.3 is 0 Å². The van der Waals surface area contributed by atoms with E-state index in [9.17, 15) is 9.59 Å². The van der Waals surface area contributed by atoms with Gasteiger partial charge in [-0.25, -0.2) is 0 Å². The van der Waals surface area contributed by atoms with Crippen LogP contribution in [0, 0.1) is 17.2 Å². The molecule has 2 N–H and O–H groups in total. The summed E-state index contributed by atoms with van der Waals surface area (Å²) in [6.07, 6.45) is 10.3. The minimum Gasteiger partial charge on any atom is -0.357 e. The second-order valence-electron chi connectivity index (χ2n) is 9.63. The van der Waals surface area contributed by atoms with Crippen molar-refractivity contribution in [2.24, 2.45) is 5.92 Å². The molecule has 1 unspecified atom stereocenters. The van der Waals surface area contributed by atoms with Gasteiger partial charge in [-0.2, -0.15) is 5.26 Å². The van der Waals surface area contributed by atoms with E-state index in [0.29, 0.717) is 42.3 Å². The summed E-state index contributed by atoms with van der Waals surface area (Å²) in [5, 5.41) is 16.0. The van der Waals surface area contributed by atoms with Crippen molar-refractivity contribution in [2.45, 2.75) is 24.8 Å². The largest absolute Gasteiger partial charge is 0.357 e. The lowest BCUT2D eigenvalue weighted by Gasteiger charge is -2.28. The zero-order valence-corrected chi connectivity index (χ0v) is 20.4. The lowest BCUT2D eigenvalue weighted by atomic mass is 9.85. The second-order valence-corrected chi connectivity index (χ2v) is 9.63. The number of pyridine rings is 2. The lowest BCUT2D eigenvalue weighted by Crippen LogP contribution is -2.51. The Balaban J connectivity index is 1.53. The highest BCUT2D eigenvalue weighted by molar-refractivity contribution is 6.06. The fraction of sp³-hybridized carbons (Fsp3) is 0.276. The minimum absolute atomic E-state index is 0.0492. The van der Waals surface area contributed by atoms with Gasteiger partial charge in [0.25, 0.3) is 5.91 Å². The number of carbonyl (C=O) groups excluding carboxylic acids is 2. The Bertz CT molecular complexity index is 1280. The van der Waals surface area contributed by atoms with Crippen LogP contribution in [-0.2, 0) is 17.6 Å². The number of carbonyl (C=O) groups is 2. The Kier molecular flexibility index (Phi) is 7.06. The molecule has 2 aliphatic rings. The minimum atomic E-state index is -0.967. The molecule has 2 saturated heterocycles. The van der Waals surface area contributed by atoms with Crippen LogP contribution in [0.3, 0.4) is 0 Å². The molecule has 1 aromatic carbocycles. The summed E-state index contributed by atoms with van der Waals surface area (Å²) in [6.45, 7) is 2.28. The maximum Gasteiger partial charge on any atom is 0.254 e. The van der Waals surface area contributed by atoms with Crippen molar-refractivity contribution in [1.82, 2.24) is 25.5 Å². The topological polar surface area (TPSA) is 111 Å². The zero-order valence-electron chi connectivity index (χ0n) is 20.4. The Morgan fingerprint density at radius 1 is 1.03 bits per heavy atom. The second kappa shape index (κ2) is 10.7. The first-order valence-electron chi connectivity index (χ1n) is 12.4. The number of allylic oxidation sites excluding steroid dienone is 1. The number of amides is 1. The van der Waals surface area contributed by atoms with E-state index in [0.717, 1.165) is 30.6 Å². The summed E-state index contributed by atoms with van der Waals surface area (Å²) in [5.74, 6) is 0.538. The van der Waals surface area contributed by atoms with E-state index >= 15 is 0 Å². The maximum atomic E-state index is 14.3. The number of nitrogens with zero attached hydrogens (tertiary/aromatic N) is 4. The van der Waals surface area contributed by atoms with Gasteiger partial charge in [0.15, 0.2) is 5.78 Å². The number of hydrogen-bond donors (Lipinski definition) is 2. The van der Waals surface area contributed by atoms with Crippen LogP contribution in [0.15, 0.2) is 85.2 Å². The van der Waals surface area contributed by atoms with Gasteiger partial charge in [0, 0.05) is 55.8 Å². The van der Waals surface area contributed by atoms with Crippen molar-refractivity contribution in [3.63, 3.8) is 0 Å². The van der Waals surface area contributed by atoms with E-state index in [-0.39, 0.29) is 11.7 Å². The molecule has 8 nitrogen and oxygen atoms in total. The van der Waals surface area contributed by atoms with Crippen LogP contribution in [0.1, 0.15) is 33.5 Å². The molecule has 1 amide bonds. The van der Waals surface area contributed by atoms with Gasteiger partial charge in [-0.05, 0) is 85.1 Å². The van der Waals surface area contributed by atoms with Crippen LogP contribution < -0.4 is 10.6 Å². The Hall–Kier alpha value is -4.35. The van der Waals surface area contributed by atoms with Crippen LogP contribution in [-0.4, -0.2) is 51.7 Å². The number of hydrogen-bond acceptors (Lipinski definition) is 7. The molecule has 2 aliphatic heterocycles. The third kappa shape index (κ3) is 5.42. The predicted octanol–water partition coefficient (Wildman–Crippen LogP) is 2.64. The number of ketones is 1. The smallest absolute Gasteiger partial charge is 0.254 e. The Labute approximate surface area is 216 Å². The molecule has 0 radical (unpaired) electrons. The van der Waals surface area contributed by atoms with Crippen molar-refractivity contribution in [3.05, 3.63) is 107 Å². The van der Waals surface area contributed by atoms with Crippen LogP contribution >= 0.6 is 0 Å². The molecule has 0 bridgehead atoms. The molecule has 1 atom stereocenters. The van der Waals surface area contributed by atoms with E-state index in [1.807, 2.05) is 24.3 Å².